The van der Waals surface area contributed by atoms with E-state index in [1.54, 1.807) is 0 Å². The smallest absolute Gasteiger partial charge is 0.320 e. The van der Waals surface area contributed by atoms with Gasteiger partial charge in [-0.25, -0.2) is 0 Å². The number of nitriles is 1. The molecule has 0 heterocycles. The van der Waals surface area contributed by atoms with E-state index in [1.807, 2.05) is 27.7 Å². The highest BCUT2D eigenvalue weighted by atomic mass is 16.4. The Morgan fingerprint density at radius 3 is 2.47 bits per heavy atom. The lowest BCUT2D eigenvalue weighted by molar-refractivity contribution is -0.140. The monoisotopic (exact) mass is 240 g/mol. The molecule has 0 spiro atoms. The molecule has 17 heavy (non-hydrogen) atoms. The van der Waals surface area contributed by atoms with Crippen LogP contribution in [-0.4, -0.2) is 23.7 Å². The molecule has 0 aliphatic carbocycles. The van der Waals surface area contributed by atoms with Crippen LogP contribution in [0.4, 0.5) is 0 Å². The van der Waals surface area contributed by atoms with Crippen LogP contribution < -0.4 is 5.32 Å². The molecule has 0 amide bonds. The summed E-state index contributed by atoms with van der Waals surface area (Å²) in [5.74, 6) is -0.444. The van der Waals surface area contributed by atoms with Crippen molar-refractivity contribution in [2.45, 2.75) is 53.0 Å². The zero-order valence-electron chi connectivity index (χ0n) is 11.3. The maximum absolute atomic E-state index is 11.1. The molecule has 0 aliphatic heterocycles. The first-order valence-corrected chi connectivity index (χ1v) is 6.11. The van der Waals surface area contributed by atoms with Crippen molar-refractivity contribution in [3.05, 3.63) is 0 Å². The van der Waals surface area contributed by atoms with Gasteiger partial charge in [-0.15, -0.1) is 0 Å². The summed E-state index contributed by atoms with van der Waals surface area (Å²) in [4.78, 5) is 11.1. The second-order valence-electron chi connectivity index (χ2n) is 5.72. The van der Waals surface area contributed by atoms with Crippen LogP contribution in [0, 0.1) is 22.7 Å². The number of hydrogen-bond acceptors (Lipinski definition) is 3. The molecule has 0 aromatic rings. The van der Waals surface area contributed by atoms with Gasteiger partial charge >= 0.3 is 5.97 Å². The normalized spacial score (nSPS) is 13.4. The van der Waals surface area contributed by atoms with Crippen LogP contribution in [0.3, 0.4) is 0 Å². The third kappa shape index (κ3) is 7.76. The number of aliphatic carboxylic acids is 1. The van der Waals surface area contributed by atoms with Gasteiger partial charge < -0.3 is 10.4 Å². The second kappa shape index (κ2) is 7.29. The number of carboxylic acid groups (broad SMARTS) is 1. The molecule has 0 saturated carbocycles. The average Bonchev–Trinajstić information content (AvgIpc) is 2.20. The summed E-state index contributed by atoms with van der Waals surface area (Å²) in [5, 5.41) is 20.7. The summed E-state index contributed by atoms with van der Waals surface area (Å²) in [5.41, 5.74) is -0.0413. The number of nitrogens with one attached hydrogen (secondary N) is 1. The van der Waals surface area contributed by atoms with Gasteiger partial charge in [-0.3, -0.25) is 4.79 Å². The lowest BCUT2D eigenvalue weighted by Crippen LogP contribution is -2.42. The Bertz CT molecular complexity index is 280. The van der Waals surface area contributed by atoms with Crippen molar-refractivity contribution in [1.82, 2.24) is 5.32 Å². The van der Waals surface area contributed by atoms with E-state index in [4.69, 9.17) is 10.4 Å². The van der Waals surface area contributed by atoms with Gasteiger partial charge in [-0.2, -0.15) is 5.26 Å². The number of hydrogen-bond donors (Lipinski definition) is 2. The predicted molar refractivity (Wildman–Crippen MR) is 67.5 cm³/mol. The summed E-state index contributed by atoms with van der Waals surface area (Å²) in [6, 6.07) is 1.63. The minimum Gasteiger partial charge on any atom is -0.480 e. The van der Waals surface area contributed by atoms with E-state index in [9.17, 15) is 4.79 Å². The van der Waals surface area contributed by atoms with E-state index in [1.165, 1.54) is 0 Å². The lowest BCUT2D eigenvalue weighted by atomic mass is 9.87. The van der Waals surface area contributed by atoms with Gasteiger partial charge in [0, 0.05) is 13.0 Å². The molecule has 0 radical (unpaired) electrons. The SMILES string of the molecule is CC(C)CC(NCC(C)(C)CCC#N)C(=O)O. The van der Waals surface area contributed by atoms with E-state index >= 15 is 0 Å². The molecule has 1 atom stereocenters. The van der Waals surface area contributed by atoms with Gasteiger partial charge in [0.05, 0.1) is 6.07 Å². The van der Waals surface area contributed by atoms with Gasteiger partial charge in [-0.05, 0) is 24.2 Å². The molecule has 0 aromatic carbocycles. The first-order valence-electron chi connectivity index (χ1n) is 6.11. The summed E-state index contributed by atoms with van der Waals surface area (Å²) in [6.07, 6.45) is 1.92. The number of carboxylic acids is 1. The Hall–Kier alpha value is -1.08. The van der Waals surface area contributed by atoms with E-state index in [2.05, 4.69) is 11.4 Å². The molecule has 1 unspecified atom stereocenters. The fraction of sp³-hybridized carbons (Fsp3) is 0.846. The predicted octanol–water partition coefficient (Wildman–Crippen LogP) is 2.41. The molecule has 0 aromatic heterocycles. The molecule has 0 saturated heterocycles. The lowest BCUT2D eigenvalue weighted by Gasteiger charge is -2.26. The van der Waals surface area contributed by atoms with Crippen LogP contribution >= 0.6 is 0 Å². The third-order valence-electron chi connectivity index (χ3n) is 2.75. The van der Waals surface area contributed by atoms with E-state index < -0.39 is 12.0 Å². The van der Waals surface area contributed by atoms with Gasteiger partial charge in [0.15, 0.2) is 0 Å². The van der Waals surface area contributed by atoms with Crippen molar-refractivity contribution in [3.63, 3.8) is 0 Å². The molecule has 4 heteroatoms. The Morgan fingerprint density at radius 1 is 1.47 bits per heavy atom. The summed E-state index contributed by atoms with van der Waals surface area (Å²) >= 11 is 0. The van der Waals surface area contributed by atoms with Gasteiger partial charge in [-0.1, -0.05) is 27.7 Å². The zero-order valence-corrected chi connectivity index (χ0v) is 11.3. The van der Waals surface area contributed by atoms with Crippen LogP contribution in [0.2, 0.25) is 0 Å². The van der Waals surface area contributed by atoms with Crippen molar-refractivity contribution in [1.29, 1.82) is 5.26 Å². The molecule has 2 N–H and O–H groups in total. The molecule has 98 valence electrons. The van der Waals surface area contributed by atoms with E-state index in [-0.39, 0.29) is 5.41 Å². The Balaban J connectivity index is 4.20. The van der Waals surface area contributed by atoms with E-state index in [0.29, 0.717) is 25.3 Å². The first kappa shape index (κ1) is 15.9. The second-order valence-corrected chi connectivity index (χ2v) is 5.72. The highest BCUT2D eigenvalue weighted by molar-refractivity contribution is 5.73. The zero-order chi connectivity index (χ0) is 13.5. The van der Waals surface area contributed by atoms with E-state index in [0.717, 1.165) is 6.42 Å². The minimum atomic E-state index is -0.796. The Labute approximate surface area is 104 Å². The van der Waals surface area contributed by atoms with Gasteiger partial charge in [0.2, 0.25) is 0 Å². The summed E-state index contributed by atoms with van der Waals surface area (Å²) < 4.78 is 0. The maximum Gasteiger partial charge on any atom is 0.320 e. The van der Waals surface area contributed by atoms with Crippen molar-refractivity contribution in [3.8, 4) is 6.07 Å². The number of rotatable bonds is 8. The minimum absolute atomic E-state index is 0.0413. The number of carbonyl (C=O) groups is 1. The van der Waals surface area contributed by atoms with Crippen molar-refractivity contribution in [2.75, 3.05) is 6.54 Å². The third-order valence-corrected chi connectivity index (χ3v) is 2.75. The van der Waals surface area contributed by atoms with Crippen molar-refractivity contribution >= 4 is 5.97 Å². The Morgan fingerprint density at radius 2 is 2.06 bits per heavy atom. The average molecular weight is 240 g/mol. The molecular formula is C13H24N2O2. The molecule has 0 rings (SSSR count). The first-order chi connectivity index (χ1) is 7.78. The van der Waals surface area contributed by atoms with Gasteiger partial charge in [0.25, 0.3) is 0 Å². The largest absolute Gasteiger partial charge is 0.480 e. The molecule has 0 fully saturated rings. The fourth-order valence-electron chi connectivity index (χ4n) is 1.63. The van der Waals surface area contributed by atoms with Crippen molar-refractivity contribution < 1.29 is 9.90 Å². The van der Waals surface area contributed by atoms with Crippen LogP contribution in [0.25, 0.3) is 0 Å². The Kier molecular flexibility index (Phi) is 6.82. The molecular weight excluding hydrogens is 216 g/mol. The molecule has 0 aliphatic rings. The molecule has 0 bridgehead atoms. The fourth-order valence-corrected chi connectivity index (χ4v) is 1.63. The summed E-state index contributed by atoms with van der Waals surface area (Å²) in [7, 11) is 0. The standard InChI is InChI=1S/C13H24N2O2/c1-10(2)8-11(12(16)17)15-9-13(3,4)6-5-7-14/h10-11,15H,5-6,8-9H2,1-4H3,(H,16,17). The van der Waals surface area contributed by atoms with Crippen molar-refractivity contribution in [2.24, 2.45) is 11.3 Å². The van der Waals surface area contributed by atoms with Crippen LogP contribution in [-0.2, 0) is 4.79 Å². The number of nitrogens with zero attached hydrogens (tertiary/aromatic N) is 1. The quantitative estimate of drug-likeness (QED) is 0.683. The highest BCUT2D eigenvalue weighted by Crippen LogP contribution is 2.21. The van der Waals surface area contributed by atoms with Crippen LogP contribution in [0.15, 0.2) is 0 Å². The summed E-state index contributed by atoms with van der Waals surface area (Å²) in [6.45, 7) is 8.74. The molecule has 4 nitrogen and oxygen atoms in total. The maximum atomic E-state index is 11.1. The van der Waals surface area contributed by atoms with Crippen LogP contribution in [0.5, 0.6) is 0 Å². The topological polar surface area (TPSA) is 73.1 Å². The highest BCUT2D eigenvalue weighted by Gasteiger charge is 2.23. The van der Waals surface area contributed by atoms with Gasteiger partial charge in [0.1, 0.15) is 6.04 Å². The van der Waals surface area contributed by atoms with Crippen LogP contribution in [0.1, 0.15) is 47.0 Å².